The Hall–Kier alpha value is -3.45. The Labute approximate surface area is 165 Å². The zero-order chi connectivity index (χ0) is 19.3. The topological polar surface area (TPSA) is 72.9 Å². The highest BCUT2D eigenvalue weighted by Gasteiger charge is 2.13. The van der Waals surface area contributed by atoms with Gasteiger partial charge in [0, 0.05) is 6.20 Å². The van der Waals surface area contributed by atoms with Crippen molar-refractivity contribution >= 4 is 39.8 Å². The summed E-state index contributed by atoms with van der Waals surface area (Å²) in [6, 6.07) is 9.64. The van der Waals surface area contributed by atoms with Crippen LogP contribution in [0.4, 0.5) is 11.5 Å². The predicted octanol–water partition coefficient (Wildman–Crippen LogP) is 4.48. The number of nitrogens with one attached hydrogen (secondary N) is 1. The second-order valence-electron chi connectivity index (χ2n) is 6.60. The molecule has 0 saturated carbocycles. The molecule has 0 spiro atoms. The number of imidazole rings is 2. The molecule has 0 aliphatic rings. The Morgan fingerprint density at radius 1 is 1.04 bits per heavy atom. The van der Waals surface area contributed by atoms with Crippen molar-refractivity contribution in [1.82, 2.24) is 28.9 Å². The second kappa shape index (κ2) is 6.31. The van der Waals surface area contributed by atoms with Crippen LogP contribution in [-0.2, 0) is 0 Å². The molecule has 28 heavy (non-hydrogen) atoms. The Kier molecular flexibility index (Phi) is 3.77. The number of fused-ring (bicyclic) bond motifs is 3. The van der Waals surface area contributed by atoms with Crippen molar-refractivity contribution in [2.75, 3.05) is 5.32 Å². The third-order valence-corrected chi connectivity index (χ3v) is 4.94. The molecule has 8 heteroatoms. The summed E-state index contributed by atoms with van der Waals surface area (Å²) in [5.74, 6) is 1.45. The Bertz CT molecular complexity index is 1320. The minimum Gasteiger partial charge on any atom is -0.337 e. The van der Waals surface area contributed by atoms with Crippen LogP contribution < -0.4 is 5.32 Å². The Balaban J connectivity index is 1.68. The molecule has 0 fully saturated rings. The molecule has 0 unspecified atom stereocenters. The highest BCUT2D eigenvalue weighted by atomic mass is 35.5. The molecule has 0 radical (unpaired) electrons. The van der Waals surface area contributed by atoms with Gasteiger partial charge in [-0.15, -0.1) is 0 Å². The number of hydrogen-bond donors (Lipinski definition) is 1. The number of benzene rings is 1. The molecule has 138 valence electrons. The first-order valence-corrected chi connectivity index (χ1v) is 9.14. The van der Waals surface area contributed by atoms with Crippen LogP contribution in [-0.4, -0.2) is 28.9 Å². The molecule has 4 aromatic heterocycles. The van der Waals surface area contributed by atoms with Gasteiger partial charge >= 0.3 is 0 Å². The minimum absolute atomic E-state index is 0.642. The average Bonchev–Trinajstić information content (AvgIpc) is 3.34. The van der Waals surface area contributed by atoms with Crippen LogP contribution in [0.25, 0.3) is 22.5 Å². The van der Waals surface area contributed by atoms with Crippen molar-refractivity contribution in [2.45, 2.75) is 13.8 Å². The molecule has 0 amide bonds. The molecule has 7 nitrogen and oxygen atoms in total. The molecule has 4 heterocycles. The molecule has 5 aromatic rings. The Morgan fingerprint density at radius 2 is 1.93 bits per heavy atom. The quantitative estimate of drug-likeness (QED) is 0.492. The van der Waals surface area contributed by atoms with E-state index in [0.29, 0.717) is 10.8 Å². The van der Waals surface area contributed by atoms with Crippen LogP contribution in [0, 0.1) is 13.8 Å². The number of pyridine rings is 1. The van der Waals surface area contributed by atoms with Crippen molar-refractivity contribution < 1.29 is 0 Å². The largest absolute Gasteiger partial charge is 0.337 e. The van der Waals surface area contributed by atoms with Crippen LogP contribution >= 0.6 is 11.6 Å². The molecular weight excluding hydrogens is 374 g/mol. The molecule has 5 rings (SSSR count). The summed E-state index contributed by atoms with van der Waals surface area (Å²) < 4.78 is 3.81. The first-order chi connectivity index (χ1) is 13.6. The van der Waals surface area contributed by atoms with Gasteiger partial charge in [-0.25, -0.2) is 19.9 Å². The van der Waals surface area contributed by atoms with Crippen molar-refractivity contribution in [3.05, 3.63) is 71.7 Å². The van der Waals surface area contributed by atoms with Gasteiger partial charge in [0.05, 0.1) is 22.6 Å². The highest BCUT2D eigenvalue weighted by molar-refractivity contribution is 6.33. The van der Waals surface area contributed by atoms with Crippen molar-refractivity contribution in [3.8, 4) is 5.82 Å². The third-order valence-electron chi connectivity index (χ3n) is 4.62. The first-order valence-electron chi connectivity index (χ1n) is 8.76. The number of hydrogen-bond acceptors (Lipinski definition) is 5. The number of aryl methyl sites for hydroxylation is 2. The van der Waals surface area contributed by atoms with Crippen LogP contribution in [0.15, 0.2) is 55.4 Å². The predicted molar refractivity (Wildman–Crippen MR) is 110 cm³/mol. The third kappa shape index (κ3) is 2.68. The molecule has 1 aromatic carbocycles. The standard InChI is InChI=1S/C20H16ClN7/c1-12-4-3-5-14(21)18(12)26-19-16-8-22-10-28(16)20-15(24-19)6-7-17(25-20)27-9-13(2)23-11-27/h3-11H,1-2H3,(H,24,26). The van der Waals surface area contributed by atoms with E-state index in [2.05, 4.69) is 15.3 Å². The average molecular weight is 390 g/mol. The SMILES string of the molecule is Cc1cn(-c2ccc3nc(Nc4c(C)cccc4Cl)c4cncn4c3n2)cn1. The fraction of sp³-hybridized carbons (Fsp3) is 0.100. The number of para-hydroxylation sites is 1. The van der Waals surface area contributed by atoms with Gasteiger partial charge in [-0.1, -0.05) is 23.7 Å². The van der Waals surface area contributed by atoms with Gasteiger partial charge in [-0.3, -0.25) is 8.97 Å². The molecule has 1 N–H and O–H groups in total. The number of rotatable bonds is 3. The van der Waals surface area contributed by atoms with Crippen LogP contribution in [0.3, 0.4) is 0 Å². The lowest BCUT2D eigenvalue weighted by Crippen LogP contribution is -2.03. The second-order valence-corrected chi connectivity index (χ2v) is 7.01. The highest BCUT2D eigenvalue weighted by Crippen LogP contribution is 2.30. The van der Waals surface area contributed by atoms with E-state index >= 15 is 0 Å². The zero-order valence-corrected chi connectivity index (χ0v) is 16.0. The maximum Gasteiger partial charge on any atom is 0.167 e. The fourth-order valence-electron chi connectivity index (χ4n) is 3.20. The van der Waals surface area contributed by atoms with E-state index < -0.39 is 0 Å². The van der Waals surface area contributed by atoms with E-state index in [-0.39, 0.29) is 0 Å². The molecule has 0 aliphatic carbocycles. The lowest BCUT2D eigenvalue weighted by molar-refractivity contribution is 0.991. The molecule has 0 bridgehead atoms. The smallest absolute Gasteiger partial charge is 0.167 e. The summed E-state index contributed by atoms with van der Waals surface area (Å²) in [5.41, 5.74) is 5.09. The zero-order valence-electron chi connectivity index (χ0n) is 15.3. The van der Waals surface area contributed by atoms with Gasteiger partial charge in [0.25, 0.3) is 0 Å². The molecule has 0 atom stereocenters. The maximum absolute atomic E-state index is 6.38. The van der Waals surface area contributed by atoms with E-state index in [4.69, 9.17) is 21.6 Å². The summed E-state index contributed by atoms with van der Waals surface area (Å²) in [4.78, 5) is 18.1. The normalized spacial score (nSPS) is 11.4. The summed E-state index contributed by atoms with van der Waals surface area (Å²) >= 11 is 6.38. The van der Waals surface area contributed by atoms with E-state index in [1.807, 2.05) is 59.3 Å². The monoisotopic (exact) mass is 389 g/mol. The van der Waals surface area contributed by atoms with E-state index in [9.17, 15) is 0 Å². The Morgan fingerprint density at radius 3 is 2.71 bits per heavy atom. The van der Waals surface area contributed by atoms with Crippen LogP contribution in [0.5, 0.6) is 0 Å². The van der Waals surface area contributed by atoms with E-state index in [1.165, 1.54) is 0 Å². The first kappa shape index (κ1) is 16.7. The number of anilines is 2. The maximum atomic E-state index is 6.38. The summed E-state index contributed by atoms with van der Waals surface area (Å²) in [5, 5.41) is 4.01. The van der Waals surface area contributed by atoms with Gasteiger partial charge < -0.3 is 5.32 Å². The fourth-order valence-corrected chi connectivity index (χ4v) is 3.47. The number of nitrogens with zero attached hydrogens (tertiary/aromatic N) is 6. The minimum atomic E-state index is 0.642. The lowest BCUT2D eigenvalue weighted by Gasteiger charge is -2.13. The van der Waals surface area contributed by atoms with Crippen molar-refractivity contribution in [1.29, 1.82) is 0 Å². The van der Waals surface area contributed by atoms with E-state index in [1.54, 1.807) is 18.9 Å². The van der Waals surface area contributed by atoms with Gasteiger partial charge in [0.1, 0.15) is 29.5 Å². The van der Waals surface area contributed by atoms with Crippen molar-refractivity contribution in [2.24, 2.45) is 0 Å². The number of aromatic nitrogens is 6. The summed E-state index contributed by atoms with van der Waals surface area (Å²) in [6.07, 6.45) is 7.18. The van der Waals surface area contributed by atoms with Gasteiger partial charge in [0.15, 0.2) is 11.5 Å². The van der Waals surface area contributed by atoms with Crippen LogP contribution in [0.1, 0.15) is 11.3 Å². The lowest BCUT2D eigenvalue weighted by atomic mass is 10.2. The summed E-state index contributed by atoms with van der Waals surface area (Å²) in [6.45, 7) is 3.95. The molecule has 0 aliphatic heterocycles. The van der Waals surface area contributed by atoms with Crippen molar-refractivity contribution in [3.63, 3.8) is 0 Å². The van der Waals surface area contributed by atoms with Crippen LogP contribution in [0.2, 0.25) is 5.02 Å². The molecule has 0 saturated heterocycles. The summed E-state index contributed by atoms with van der Waals surface area (Å²) in [7, 11) is 0. The van der Waals surface area contributed by atoms with Gasteiger partial charge in [-0.05, 0) is 37.6 Å². The molecular formula is C20H16ClN7. The van der Waals surface area contributed by atoms with Gasteiger partial charge in [0.2, 0.25) is 0 Å². The van der Waals surface area contributed by atoms with Gasteiger partial charge in [-0.2, -0.15) is 0 Å². The number of halogens is 1. The van der Waals surface area contributed by atoms with E-state index in [0.717, 1.165) is 39.4 Å².